The number of carbonyl (C=O) groups excluding carboxylic acids is 2. The lowest BCUT2D eigenvalue weighted by Gasteiger charge is -2.26. The van der Waals surface area contributed by atoms with Crippen LogP contribution in [0, 0.1) is 6.92 Å². The first-order valence-electron chi connectivity index (χ1n) is 10.1. The standard InChI is InChI=1S/C22H26N2O5S2/c1-17-10-11-18(14-20(17)31(27,28)24-12-6-3-7-13-24)23-21(25)15-29-22(26)16-30-19-8-4-2-5-9-19/h2,4-5,8-11,14H,3,6-7,12-13,15-16H2,1H3,(H,23,25). The molecule has 0 aromatic heterocycles. The number of nitrogens with zero attached hydrogens (tertiary/aromatic N) is 1. The number of esters is 1. The molecule has 0 aliphatic carbocycles. The van der Waals surface area contributed by atoms with Crippen LogP contribution in [0.4, 0.5) is 5.69 Å². The minimum Gasteiger partial charge on any atom is -0.455 e. The van der Waals surface area contributed by atoms with E-state index in [0.717, 1.165) is 24.2 Å². The van der Waals surface area contributed by atoms with Crippen LogP contribution >= 0.6 is 11.8 Å². The van der Waals surface area contributed by atoms with Crippen molar-refractivity contribution in [1.29, 1.82) is 0 Å². The second-order valence-corrected chi connectivity index (χ2v) is 10.2. The second kappa shape index (κ2) is 10.8. The van der Waals surface area contributed by atoms with E-state index in [2.05, 4.69) is 5.32 Å². The van der Waals surface area contributed by atoms with Crippen LogP contribution in [-0.2, 0) is 24.3 Å². The van der Waals surface area contributed by atoms with Crippen molar-refractivity contribution in [2.45, 2.75) is 36.0 Å². The molecule has 0 spiro atoms. The van der Waals surface area contributed by atoms with E-state index in [0.29, 0.717) is 24.3 Å². The van der Waals surface area contributed by atoms with E-state index in [-0.39, 0.29) is 10.6 Å². The number of amides is 1. The van der Waals surface area contributed by atoms with Crippen molar-refractivity contribution in [2.24, 2.45) is 0 Å². The third-order valence-electron chi connectivity index (χ3n) is 4.87. The van der Waals surface area contributed by atoms with E-state index in [9.17, 15) is 18.0 Å². The number of thioether (sulfide) groups is 1. The van der Waals surface area contributed by atoms with Gasteiger partial charge in [0.1, 0.15) is 0 Å². The lowest BCUT2D eigenvalue weighted by atomic mass is 10.2. The van der Waals surface area contributed by atoms with Crippen LogP contribution in [0.3, 0.4) is 0 Å². The number of rotatable bonds is 8. The number of anilines is 1. The first-order chi connectivity index (χ1) is 14.9. The van der Waals surface area contributed by atoms with E-state index in [1.807, 2.05) is 30.3 Å². The largest absolute Gasteiger partial charge is 0.455 e. The number of ether oxygens (including phenoxy) is 1. The smallest absolute Gasteiger partial charge is 0.316 e. The number of nitrogens with one attached hydrogen (secondary N) is 1. The Labute approximate surface area is 187 Å². The van der Waals surface area contributed by atoms with Gasteiger partial charge >= 0.3 is 5.97 Å². The molecule has 3 rings (SSSR count). The second-order valence-electron chi connectivity index (χ2n) is 7.26. The zero-order valence-electron chi connectivity index (χ0n) is 17.4. The van der Waals surface area contributed by atoms with E-state index >= 15 is 0 Å². The Hall–Kier alpha value is -2.36. The van der Waals surface area contributed by atoms with Crippen molar-refractivity contribution in [2.75, 3.05) is 30.8 Å². The van der Waals surface area contributed by atoms with E-state index in [1.165, 1.54) is 22.1 Å². The highest BCUT2D eigenvalue weighted by molar-refractivity contribution is 8.00. The van der Waals surface area contributed by atoms with Gasteiger partial charge in [0.05, 0.1) is 10.6 Å². The van der Waals surface area contributed by atoms with Crippen LogP contribution in [0.5, 0.6) is 0 Å². The van der Waals surface area contributed by atoms with Gasteiger partial charge in [0.15, 0.2) is 6.61 Å². The zero-order valence-corrected chi connectivity index (χ0v) is 19.0. The number of aryl methyl sites for hydroxylation is 1. The maximum absolute atomic E-state index is 13.0. The van der Waals surface area contributed by atoms with E-state index < -0.39 is 28.5 Å². The van der Waals surface area contributed by atoms with Gasteiger partial charge in [-0.25, -0.2) is 8.42 Å². The zero-order chi connectivity index (χ0) is 22.3. The highest BCUT2D eigenvalue weighted by Crippen LogP contribution is 2.26. The van der Waals surface area contributed by atoms with Crippen LogP contribution in [0.15, 0.2) is 58.3 Å². The van der Waals surface area contributed by atoms with Gasteiger partial charge in [0.25, 0.3) is 5.91 Å². The number of hydrogen-bond donors (Lipinski definition) is 1. The Morgan fingerprint density at radius 3 is 2.48 bits per heavy atom. The first-order valence-corrected chi connectivity index (χ1v) is 12.5. The minimum absolute atomic E-state index is 0.0973. The van der Waals surface area contributed by atoms with Crippen LogP contribution < -0.4 is 5.32 Å². The molecule has 7 nitrogen and oxygen atoms in total. The lowest BCUT2D eigenvalue weighted by Crippen LogP contribution is -2.36. The molecule has 2 aromatic rings. The van der Waals surface area contributed by atoms with E-state index in [4.69, 9.17) is 4.74 Å². The Morgan fingerprint density at radius 1 is 1.06 bits per heavy atom. The summed E-state index contributed by atoms with van der Waals surface area (Å²) in [5.41, 5.74) is 0.967. The van der Waals surface area contributed by atoms with Crippen molar-refractivity contribution in [1.82, 2.24) is 4.31 Å². The molecule has 0 bridgehead atoms. The molecule has 1 N–H and O–H groups in total. The molecular weight excluding hydrogens is 436 g/mol. The van der Waals surface area contributed by atoms with Crippen LogP contribution in [0.2, 0.25) is 0 Å². The van der Waals surface area contributed by atoms with Gasteiger partial charge in [-0.1, -0.05) is 30.7 Å². The van der Waals surface area contributed by atoms with Crippen LogP contribution in [0.25, 0.3) is 0 Å². The molecule has 9 heteroatoms. The van der Waals surface area contributed by atoms with Gasteiger partial charge in [-0.15, -0.1) is 11.8 Å². The molecule has 1 heterocycles. The molecule has 1 aliphatic rings. The van der Waals surface area contributed by atoms with Gasteiger partial charge in [0.2, 0.25) is 10.0 Å². The summed E-state index contributed by atoms with van der Waals surface area (Å²) in [6.45, 7) is 2.31. The van der Waals surface area contributed by atoms with Gasteiger partial charge in [-0.05, 0) is 49.6 Å². The van der Waals surface area contributed by atoms with Crippen LogP contribution in [-0.4, -0.2) is 50.0 Å². The molecule has 0 atom stereocenters. The van der Waals surface area contributed by atoms with Crippen molar-refractivity contribution in [3.05, 3.63) is 54.1 Å². The SMILES string of the molecule is Cc1ccc(NC(=O)COC(=O)CSc2ccccc2)cc1S(=O)(=O)N1CCCCC1. The summed E-state index contributed by atoms with van der Waals surface area (Å²) in [4.78, 5) is 25.2. The van der Waals surface area contributed by atoms with Gasteiger partial charge in [-0.2, -0.15) is 4.31 Å². The summed E-state index contributed by atoms with van der Waals surface area (Å²) < 4.78 is 32.5. The molecule has 0 unspecified atom stereocenters. The lowest BCUT2D eigenvalue weighted by molar-refractivity contribution is -0.144. The summed E-state index contributed by atoms with van der Waals surface area (Å²) >= 11 is 1.33. The molecule has 1 fully saturated rings. The summed E-state index contributed by atoms with van der Waals surface area (Å²) in [7, 11) is -3.62. The highest BCUT2D eigenvalue weighted by atomic mass is 32.2. The fraction of sp³-hybridized carbons (Fsp3) is 0.364. The average Bonchev–Trinajstić information content (AvgIpc) is 2.78. The topological polar surface area (TPSA) is 92.8 Å². The first kappa shape index (κ1) is 23.3. The fourth-order valence-corrected chi connectivity index (χ4v) is 5.73. The number of piperidine rings is 1. The Morgan fingerprint density at radius 2 is 1.77 bits per heavy atom. The highest BCUT2D eigenvalue weighted by Gasteiger charge is 2.27. The van der Waals surface area contributed by atoms with Crippen molar-refractivity contribution in [3.63, 3.8) is 0 Å². The molecule has 31 heavy (non-hydrogen) atoms. The fourth-order valence-electron chi connectivity index (χ4n) is 3.24. The third kappa shape index (κ3) is 6.56. The van der Waals surface area contributed by atoms with Gasteiger partial charge in [-0.3, -0.25) is 9.59 Å². The van der Waals surface area contributed by atoms with Crippen molar-refractivity contribution >= 4 is 39.3 Å². The van der Waals surface area contributed by atoms with Crippen molar-refractivity contribution in [3.8, 4) is 0 Å². The summed E-state index contributed by atoms with van der Waals surface area (Å²) in [5.74, 6) is -0.926. The summed E-state index contributed by atoms with van der Waals surface area (Å²) in [6, 6.07) is 14.2. The number of hydrogen-bond acceptors (Lipinski definition) is 6. The number of benzene rings is 2. The minimum atomic E-state index is -3.62. The monoisotopic (exact) mass is 462 g/mol. The predicted molar refractivity (Wildman–Crippen MR) is 121 cm³/mol. The Bertz CT molecular complexity index is 1020. The average molecular weight is 463 g/mol. The van der Waals surface area contributed by atoms with Crippen LogP contribution in [0.1, 0.15) is 24.8 Å². The Balaban J connectivity index is 1.55. The van der Waals surface area contributed by atoms with Crippen molar-refractivity contribution < 1.29 is 22.7 Å². The third-order valence-corrected chi connectivity index (χ3v) is 7.90. The summed E-state index contributed by atoms with van der Waals surface area (Å²) in [5, 5.41) is 2.61. The molecule has 1 saturated heterocycles. The maximum atomic E-state index is 13.0. The van der Waals surface area contributed by atoms with E-state index in [1.54, 1.807) is 19.1 Å². The number of carbonyl (C=O) groups is 2. The molecular formula is C22H26N2O5S2. The maximum Gasteiger partial charge on any atom is 0.316 e. The summed E-state index contributed by atoms with van der Waals surface area (Å²) in [6.07, 6.45) is 2.73. The normalized spacial score (nSPS) is 14.7. The molecule has 2 aromatic carbocycles. The molecule has 0 saturated carbocycles. The molecule has 0 radical (unpaired) electrons. The predicted octanol–water partition coefficient (Wildman–Crippen LogP) is 3.44. The Kier molecular flexibility index (Phi) is 8.11. The van der Waals surface area contributed by atoms with Gasteiger partial charge in [0, 0.05) is 23.7 Å². The molecule has 1 amide bonds. The number of sulfonamides is 1. The molecule has 1 aliphatic heterocycles. The quantitative estimate of drug-likeness (QED) is 0.477. The molecule has 166 valence electrons. The van der Waals surface area contributed by atoms with Gasteiger partial charge < -0.3 is 10.1 Å².